The zero-order valence-electron chi connectivity index (χ0n) is 13.5. The molecule has 1 saturated heterocycles. The normalized spacial score (nSPS) is 26.3. The van der Waals surface area contributed by atoms with E-state index in [1.165, 1.54) is 19.3 Å². The number of piperazine rings is 1. The Morgan fingerprint density at radius 1 is 1.04 bits per heavy atom. The van der Waals surface area contributed by atoms with E-state index in [1.807, 2.05) is 9.58 Å². The van der Waals surface area contributed by atoms with Crippen molar-refractivity contribution in [3.05, 3.63) is 5.82 Å². The Balaban J connectivity index is 1.25. The van der Waals surface area contributed by atoms with Crippen molar-refractivity contribution in [2.24, 2.45) is 0 Å². The highest BCUT2D eigenvalue weighted by Gasteiger charge is 2.30. The summed E-state index contributed by atoms with van der Waals surface area (Å²) in [6.45, 7) is 4.52. The van der Waals surface area contributed by atoms with Crippen LogP contribution in [-0.2, 0) is 13.0 Å². The second-order valence-electron chi connectivity index (χ2n) is 6.90. The number of urea groups is 1. The maximum absolute atomic E-state index is 12.5. The number of hydrogen-bond acceptors (Lipinski definition) is 5. The standard InChI is InChI=1S/C15H25N7O/c23-15(21-10-8-20(9-11-21)13-2-1-3-13)16-12-4-5-14-17-18-19-22(14)7-6-12/h12-13H,1-11H2,(H,16,23). The minimum absolute atomic E-state index is 0.0916. The Labute approximate surface area is 136 Å². The van der Waals surface area contributed by atoms with Crippen LogP contribution < -0.4 is 5.32 Å². The van der Waals surface area contributed by atoms with Crippen LogP contribution in [0.2, 0.25) is 0 Å². The smallest absolute Gasteiger partial charge is 0.317 e. The topological polar surface area (TPSA) is 79.2 Å². The lowest BCUT2D eigenvalue weighted by Crippen LogP contribution is -2.56. The van der Waals surface area contributed by atoms with Crippen molar-refractivity contribution in [3.63, 3.8) is 0 Å². The van der Waals surface area contributed by atoms with Crippen molar-refractivity contribution >= 4 is 6.03 Å². The van der Waals surface area contributed by atoms with Crippen LogP contribution in [0.15, 0.2) is 0 Å². The van der Waals surface area contributed by atoms with Gasteiger partial charge in [0, 0.05) is 51.2 Å². The Morgan fingerprint density at radius 2 is 1.87 bits per heavy atom. The molecule has 0 bridgehead atoms. The predicted octanol–water partition coefficient (Wildman–Crippen LogP) is 0.258. The highest BCUT2D eigenvalue weighted by atomic mass is 16.2. The van der Waals surface area contributed by atoms with Crippen LogP contribution >= 0.6 is 0 Å². The number of nitrogens with one attached hydrogen (secondary N) is 1. The molecule has 3 heterocycles. The van der Waals surface area contributed by atoms with Gasteiger partial charge >= 0.3 is 6.03 Å². The first-order valence-electron chi connectivity index (χ1n) is 8.84. The third kappa shape index (κ3) is 3.17. The minimum atomic E-state index is 0.0916. The van der Waals surface area contributed by atoms with E-state index >= 15 is 0 Å². The fourth-order valence-corrected chi connectivity index (χ4v) is 3.75. The number of rotatable bonds is 2. The Kier molecular flexibility index (Phi) is 4.15. The van der Waals surface area contributed by atoms with E-state index in [1.54, 1.807) is 0 Å². The van der Waals surface area contributed by atoms with E-state index in [-0.39, 0.29) is 12.1 Å². The van der Waals surface area contributed by atoms with Crippen LogP contribution in [0.1, 0.15) is 37.9 Å². The van der Waals surface area contributed by atoms with Gasteiger partial charge in [-0.25, -0.2) is 9.48 Å². The number of carbonyl (C=O) groups excluding carboxylic acids is 1. The third-order valence-corrected chi connectivity index (χ3v) is 5.53. The molecule has 23 heavy (non-hydrogen) atoms. The molecule has 0 radical (unpaired) electrons. The molecule has 0 spiro atoms. The van der Waals surface area contributed by atoms with Gasteiger partial charge in [-0.2, -0.15) is 0 Å². The first-order chi connectivity index (χ1) is 11.3. The largest absolute Gasteiger partial charge is 0.335 e. The molecular formula is C15H25N7O. The van der Waals surface area contributed by atoms with Crippen molar-refractivity contribution < 1.29 is 4.79 Å². The molecule has 1 saturated carbocycles. The summed E-state index contributed by atoms with van der Waals surface area (Å²) in [7, 11) is 0. The zero-order valence-corrected chi connectivity index (χ0v) is 13.5. The molecule has 1 N–H and O–H groups in total. The minimum Gasteiger partial charge on any atom is -0.335 e. The fraction of sp³-hybridized carbons (Fsp3) is 0.867. The molecule has 1 aromatic rings. The maximum Gasteiger partial charge on any atom is 0.317 e. The van der Waals surface area contributed by atoms with Gasteiger partial charge in [0.1, 0.15) is 0 Å². The van der Waals surface area contributed by atoms with Crippen LogP contribution in [0, 0.1) is 0 Å². The molecule has 3 aliphatic rings. The molecule has 2 fully saturated rings. The van der Waals surface area contributed by atoms with Gasteiger partial charge in [-0.05, 0) is 36.1 Å². The summed E-state index contributed by atoms with van der Waals surface area (Å²) >= 11 is 0. The lowest BCUT2D eigenvalue weighted by Gasteiger charge is -2.43. The Morgan fingerprint density at radius 3 is 2.61 bits per heavy atom. The molecule has 1 aromatic heterocycles. The summed E-state index contributed by atoms with van der Waals surface area (Å²) in [6.07, 6.45) is 6.68. The van der Waals surface area contributed by atoms with Gasteiger partial charge < -0.3 is 10.2 Å². The zero-order chi connectivity index (χ0) is 15.6. The Bertz CT molecular complexity index is 525. The number of tetrazole rings is 1. The van der Waals surface area contributed by atoms with Crippen molar-refractivity contribution in [2.75, 3.05) is 26.2 Å². The van der Waals surface area contributed by atoms with Crippen molar-refractivity contribution in [1.29, 1.82) is 0 Å². The quantitative estimate of drug-likeness (QED) is 0.846. The monoisotopic (exact) mass is 319 g/mol. The van der Waals surface area contributed by atoms with E-state index in [9.17, 15) is 4.79 Å². The number of amides is 2. The average Bonchev–Trinajstić information content (AvgIpc) is 2.88. The highest BCUT2D eigenvalue weighted by Crippen LogP contribution is 2.25. The Hall–Kier alpha value is -1.70. The first kappa shape index (κ1) is 14.9. The molecule has 4 rings (SSSR count). The molecule has 1 aliphatic carbocycles. The van der Waals surface area contributed by atoms with Crippen molar-refractivity contribution in [2.45, 2.75) is 57.2 Å². The second kappa shape index (κ2) is 6.43. The van der Waals surface area contributed by atoms with E-state index in [0.29, 0.717) is 0 Å². The van der Waals surface area contributed by atoms with E-state index < -0.39 is 0 Å². The summed E-state index contributed by atoms with van der Waals surface area (Å²) in [5, 5.41) is 14.9. The molecule has 2 aliphatic heterocycles. The van der Waals surface area contributed by atoms with Crippen LogP contribution in [0.4, 0.5) is 4.79 Å². The maximum atomic E-state index is 12.5. The number of aryl methyl sites for hydroxylation is 2. The highest BCUT2D eigenvalue weighted by molar-refractivity contribution is 5.74. The predicted molar refractivity (Wildman–Crippen MR) is 83.9 cm³/mol. The lowest BCUT2D eigenvalue weighted by molar-refractivity contribution is 0.0722. The molecule has 126 valence electrons. The number of carbonyl (C=O) groups is 1. The van der Waals surface area contributed by atoms with Gasteiger partial charge in [-0.3, -0.25) is 4.90 Å². The van der Waals surface area contributed by atoms with E-state index in [0.717, 1.165) is 63.9 Å². The van der Waals surface area contributed by atoms with Gasteiger partial charge in [0.15, 0.2) is 5.82 Å². The second-order valence-corrected chi connectivity index (χ2v) is 6.90. The van der Waals surface area contributed by atoms with Crippen LogP contribution in [-0.4, -0.2) is 74.3 Å². The number of hydrogen-bond donors (Lipinski definition) is 1. The molecule has 1 atom stereocenters. The van der Waals surface area contributed by atoms with Gasteiger partial charge in [0.05, 0.1) is 0 Å². The average molecular weight is 319 g/mol. The van der Waals surface area contributed by atoms with Gasteiger partial charge in [-0.1, -0.05) is 6.42 Å². The fourth-order valence-electron chi connectivity index (χ4n) is 3.75. The molecule has 0 aromatic carbocycles. The first-order valence-corrected chi connectivity index (χ1v) is 8.84. The van der Waals surface area contributed by atoms with Crippen LogP contribution in [0.25, 0.3) is 0 Å². The molecule has 2 amide bonds. The summed E-state index contributed by atoms with van der Waals surface area (Å²) in [6, 6.07) is 1.08. The third-order valence-electron chi connectivity index (χ3n) is 5.53. The van der Waals surface area contributed by atoms with Crippen LogP contribution in [0.5, 0.6) is 0 Å². The number of nitrogens with zero attached hydrogens (tertiary/aromatic N) is 6. The molecular weight excluding hydrogens is 294 g/mol. The summed E-state index contributed by atoms with van der Waals surface area (Å²) in [5.41, 5.74) is 0. The molecule has 1 unspecified atom stereocenters. The van der Waals surface area contributed by atoms with Crippen molar-refractivity contribution in [1.82, 2.24) is 35.3 Å². The SMILES string of the molecule is O=C(NC1CCc2nnnn2CC1)N1CCN(C2CCC2)CC1. The van der Waals surface area contributed by atoms with Gasteiger partial charge in [0.2, 0.25) is 0 Å². The number of aromatic nitrogens is 4. The summed E-state index contributed by atoms with van der Waals surface area (Å²) < 4.78 is 1.85. The molecule has 8 nitrogen and oxygen atoms in total. The summed E-state index contributed by atoms with van der Waals surface area (Å²) in [4.78, 5) is 17.0. The van der Waals surface area contributed by atoms with E-state index in [4.69, 9.17) is 0 Å². The lowest BCUT2D eigenvalue weighted by atomic mass is 9.91. The van der Waals surface area contributed by atoms with Crippen LogP contribution in [0.3, 0.4) is 0 Å². The molecule has 8 heteroatoms. The van der Waals surface area contributed by atoms with E-state index in [2.05, 4.69) is 25.7 Å². The van der Waals surface area contributed by atoms with Gasteiger partial charge in [0.25, 0.3) is 0 Å². The van der Waals surface area contributed by atoms with Crippen molar-refractivity contribution in [3.8, 4) is 0 Å². The summed E-state index contributed by atoms with van der Waals surface area (Å²) in [5.74, 6) is 0.927. The van der Waals surface area contributed by atoms with Gasteiger partial charge in [-0.15, -0.1) is 5.10 Å². The number of fused-ring (bicyclic) bond motifs is 1.